The third-order valence-electron chi connectivity index (χ3n) is 4.27. The van der Waals surface area contributed by atoms with Gasteiger partial charge in [0.05, 0.1) is 11.9 Å². The number of rotatable bonds is 6. The maximum Gasteiger partial charge on any atom is 0.248 e. The van der Waals surface area contributed by atoms with Crippen molar-refractivity contribution in [3.05, 3.63) is 59.4 Å². The van der Waals surface area contributed by atoms with Gasteiger partial charge in [-0.05, 0) is 61.7 Å². The number of hydrogen-bond acceptors (Lipinski definition) is 3. The van der Waals surface area contributed by atoms with E-state index < -0.39 is 27.8 Å². The smallest absolute Gasteiger partial charge is 0.248 e. The summed E-state index contributed by atoms with van der Waals surface area (Å²) in [7, 11) is -3.75. The maximum atomic E-state index is 13.2. The highest BCUT2D eigenvalue weighted by molar-refractivity contribution is 7.92. The predicted octanol–water partition coefficient (Wildman–Crippen LogP) is 3.63. The third kappa shape index (κ3) is 4.40. The number of nitrogens with zero attached hydrogens (tertiary/aromatic N) is 1. The lowest BCUT2D eigenvalue weighted by atomic mass is 10.1. The van der Waals surface area contributed by atoms with Crippen molar-refractivity contribution in [3.8, 4) is 0 Å². The van der Waals surface area contributed by atoms with Crippen molar-refractivity contribution >= 4 is 27.3 Å². The molecule has 2 rings (SSSR count). The Hall–Kier alpha value is -2.41. The average molecular weight is 378 g/mol. The van der Waals surface area contributed by atoms with Crippen LogP contribution in [0.2, 0.25) is 0 Å². The van der Waals surface area contributed by atoms with E-state index >= 15 is 0 Å². The normalized spacial score (nSPS) is 12.5. The molecule has 0 bridgehead atoms. The molecule has 0 aliphatic carbocycles. The van der Waals surface area contributed by atoms with Gasteiger partial charge in [0.2, 0.25) is 15.9 Å². The quantitative estimate of drug-likeness (QED) is 0.835. The van der Waals surface area contributed by atoms with Gasteiger partial charge in [0.25, 0.3) is 0 Å². The van der Waals surface area contributed by atoms with Gasteiger partial charge in [0.15, 0.2) is 0 Å². The van der Waals surface area contributed by atoms with Crippen molar-refractivity contribution in [1.29, 1.82) is 0 Å². The Morgan fingerprint density at radius 3 is 2.31 bits per heavy atom. The van der Waals surface area contributed by atoms with Crippen molar-refractivity contribution in [1.82, 2.24) is 0 Å². The first kappa shape index (κ1) is 19.9. The van der Waals surface area contributed by atoms with E-state index in [0.29, 0.717) is 5.69 Å². The zero-order valence-electron chi connectivity index (χ0n) is 15.3. The van der Waals surface area contributed by atoms with Gasteiger partial charge in [-0.1, -0.05) is 19.1 Å². The molecule has 140 valence electrons. The van der Waals surface area contributed by atoms with E-state index in [1.807, 2.05) is 26.0 Å². The van der Waals surface area contributed by atoms with Crippen molar-refractivity contribution in [2.75, 3.05) is 15.9 Å². The summed E-state index contributed by atoms with van der Waals surface area (Å²) in [6.45, 7) is 5.55. The first-order chi connectivity index (χ1) is 12.1. The molecule has 0 saturated heterocycles. The average Bonchev–Trinajstić information content (AvgIpc) is 2.56. The van der Waals surface area contributed by atoms with E-state index in [0.717, 1.165) is 21.7 Å². The van der Waals surface area contributed by atoms with Crippen LogP contribution in [0.4, 0.5) is 15.8 Å². The lowest BCUT2D eigenvalue weighted by molar-refractivity contribution is -0.117. The minimum Gasteiger partial charge on any atom is -0.324 e. The summed E-state index contributed by atoms with van der Waals surface area (Å²) in [4.78, 5) is 12.8. The zero-order chi connectivity index (χ0) is 19.5. The van der Waals surface area contributed by atoms with Crippen LogP contribution in [-0.2, 0) is 14.8 Å². The molecular formula is C19H23FN2O3S. The Bertz CT molecular complexity index is 896. The fourth-order valence-electron chi connectivity index (χ4n) is 2.75. The minimum absolute atomic E-state index is 0.247. The molecule has 0 radical (unpaired) electrons. The number of benzene rings is 2. The first-order valence-corrected chi connectivity index (χ1v) is 10.1. The molecule has 0 aromatic heterocycles. The molecule has 0 fully saturated rings. The van der Waals surface area contributed by atoms with Gasteiger partial charge in [0, 0.05) is 5.69 Å². The number of nitrogens with one attached hydrogen (secondary N) is 1. The highest BCUT2D eigenvalue weighted by atomic mass is 32.2. The van der Waals surface area contributed by atoms with Gasteiger partial charge in [-0.15, -0.1) is 0 Å². The molecule has 7 heteroatoms. The van der Waals surface area contributed by atoms with Crippen LogP contribution in [0.25, 0.3) is 0 Å². The largest absolute Gasteiger partial charge is 0.324 e. The van der Waals surface area contributed by atoms with E-state index in [1.54, 1.807) is 13.0 Å². The third-order valence-corrected chi connectivity index (χ3v) is 5.45. The van der Waals surface area contributed by atoms with Gasteiger partial charge in [0.1, 0.15) is 11.9 Å². The summed E-state index contributed by atoms with van der Waals surface area (Å²) in [6.07, 6.45) is 1.30. The second-order valence-corrected chi connectivity index (χ2v) is 8.06. The molecule has 0 aliphatic heterocycles. The summed E-state index contributed by atoms with van der Waals surface area (Å²) in [5, 5.41) is 2.82. The number of hydrogen-bond donors (Lipinski definition) is 1. The van der Waals surface area contributed by atoms with Gasteiger partial charge in [-0.25, -0.2) is 12.8 Å². The molecule has 2 aromatic rings. The van der Waals surface area contributed by atoms with Gasteiger partial charge in [-0.3, -0.25) is 9.10 Å². The van der Waals surface area contributed by atoms with E-state index in [9.17, 15) is 17.6 Å². The SMILES string of the molecule is CCC(C(=O)Nc1cccc(C)c1C)N(c1ccc(F)cc1)S(C)(=O)=O. The topological polar surface area (TPSA) is 66.5 Å². The van der Waals surface area contributed by atoms with E-state index in [-0.39, 0.29) is 12.1 Å². The van der Waals surface area contributed by atoms with E-state index in [1.165, 1.54) is 24.3 Å². The number of anilines is 2. The van der Waals surface area contributed by atoms with Gasteiger partial charge in [-0.2, -0.15) is 0 Å². The summed E-state index contributed by atoms with van der Waals surface area (Å²) >= 11 is 0. The molecular weight excluding hydrogens is 355 g/mol. The standard InChI is InChI=1S/C19H23FN2O3S/c1-5-18(19(23)21-17-8-6-7-13(2)14(17)3)22(26(4,24)25)16-11-9-15(20)10-12-16/h6-12,18H,5H2,1-4H3,(H,21,23). The Morgan fingerprint density at radius 2 is 1.77 bits per heavy atom. The second kappa shape index (κ2) is 7.86. The van der Waals surface area contributed by atoms with Gasteiger partial charge < -0.3 is 5.32 Å². The highest BCUT2D eigenvalue weighted by Gasteiger charge is 2.31. The van der Waals surface area contributed by atoms with Crippen LogP contribution in [0, 0.1) is 19.7 Å². The number of carbonyl (C=O) groups excluding carboxylic acids is 1. The van der Waals surface area contributed by atoms with Crippen LogP contribution in [0.1, 0.15) is 24.5 Å². The van der Waals surface area contributed by atoms with Crippen LogP contribution in [0.5, 0.6) is 0 Å². The number of aryl methyl sites for hydroxylation is 1. The molecule has 1 amide bonds. The summed E-state index contributed by atoms with van der Waals surface area (Å²) in [5.41, 5.74) is 2.83. The van der Waals surface area contributed by atoms with Crippen LogP contribution in [0.3, 0.4) is 0 Å². The number of amides is 1. The molecule has 2 aromatic carbocycles. The number of carbonyl (C=O) groups is 1. The van der Waals surface area contributed by atoms with Crippen molar-refractivity contribution < 1.29 is 17.6 Å². The van der Waals surface area contributed by atoms with E-state index in [2.05, 4.69) is 5.32 Å². The summed E-state index contributed by atoms with van der Waals surface area (Å²) in [5.74, 6) is -0.911. The van der Waals surface area contributed by atoms with Crippen LogP contribution in [0.15, 0.2) is 42.5 Å². The molecule has 0 saturated carbocycles. The molecule has 0 spiro atoms. The Labute approximate surface area is 153 Å². The Kier molecular flexibility index (Phi) is 6.02. The van der Waals surface area contributed by atoms with Crippen molar-refractivity contribution in [2.45, 2.75) is 33.2 Å². The minimum atomic E-state index is -3.75. The lowest BCUT2D eigenvalue weighted by Gasteiger charge is -2.30. The molecule has 1 atom stereocenters. The molecule has 0 heterocycles. The van der Waals surface area contributed by atoms with Gasteiger partial charge >= 0.3 is 0 Å². The van der Waals surface area contributed by atoms with Crippen LogP contribution < -0.4 is 9.62 Å². The molecule has 0 aliphatic rings. The summed E-state index contributed by atoms with van der Waals surface area (Å²) in [6, 6.07) is 9.63. The van der Waals surface area contributed by atoms with Crippen molar-refractivity contribution in [2.24, 2.45) is 0 Å². The predicted molar refractivity (Wildman–Crippen MR) is 102 cm³/mol. The Morgan fingerprint density at radius 1 is 1.15 bits per heavy atom. The first-order valence-electron chi connectivity index (χ1n) is 8.27. The molecule has 26 heavy (non-hydrogen) atoms. The molecule has 1 unspecified atom stereocenters. The molecule has 1 N–H and O–H groups in total. The zero-order valence-corrected chi connectivity index (χ0v) is 16.1. The number of halogens is 1. The van der Waals surface area contributed by atoms with E-state index in [4.69, 9.17) is 0 Å². The monoisotopic (exact) mass is 378 g/mol. The van der Waals surface area contributed by atoms with Crippen molar-refractivity contribution in [3.63, 3.8) is 0 Å². The summed E-state index contributed by atoms with van der Waals surface area (Å²) < 4.78 is 38.9. The number of sulfonamides is 1. The highest BCUT2D eigenvalue weighted by Crippen LogP contribution is 2.25. The maximum absolute atomic E-state index is 13.2. The lowest BCUT2D eigenvalue weighted by Crippen LogP contribution is -2.47. The fourth-order valence-corrected chi connectivity index (χ4v) is 3.96. The fraction of sp³-hybridized carbons (Fsp3) is 0.316. The molecule has 5 nitrogen and oxygen atoms in total. The second-order valence-electron chi connectivity index (χ2n) is 6.20. The Balaban J connectivity index is 2.40. The van der Waals surface area contributed by atoms with Crippen LogP contribution >= 0.6 is 0 Å². The van der Waals surface area contributed by atoms with Crippen LogP contribution in [-0.4, -0.2) is 26.6 Å².